The fraction of sp³-hybridized carbons (Fsp3) is 0.267. The van der Waals surface area contributed by atoms with Gasteiger partial charge in [-0.05, 0) is 32.1 Å². The van der Waals surface area contributed by atoms with Gasteiger partial charge in [0, 0.05) is 12.1 Å². The summed E-state index contributed by atoms with van der Waals surface area (Å²) in [6, 6.07) is 7.44. The number of nitrogens with zero attached hydrogens (tertiary/aromatic N) is 3. The van der Waals surface area contributed by atoms with Crippen molar-refractivity contribution < 1.29 is 9.21 Å². The second kappa shape index (κ2) is 6.57. The molecule has 6 nitrogen and oxygen atoms in total. The van der Waals surface area contributed by atoms with Crippen LogP contribution in [0.2, 0.25) is 0 Å². The van der Waals surface area contributed by atoms with E-state index in [4.69, 9.17) is 9.68 Å². The molecule has 0 aromatic carbocycles. The summed E-state index contributed by atoms with van der Waals surface area (Å²) in [5.41, 5.74) is 0.786. The molecule has 0 saturated carbocycles. The van der Waals surface area contributed by atoms with Crippen LogP contribution in [0.5, 0.6) is 0 Å². The summed E-state index contributed by atoms with van der Waals surface area (Å²) in [5.74, 6) is 1.72. The lowest BCUT2D eigenvalue weighted by Gasteiger charge is -2.04. The molecule has 1 N–H and O–H groups in total. The Morgan fingerprint density at radius 3 is 3.00 bits per heavy atom. The molecule has 21 heavy (non-hydrogen) atoms. The predicted octanol–water partition coefficient (Wildman–Crippen LogP) is 2.66. The standard InChI is InChI=1S/C15H16N4O2/c1-11-10-14(19(18-11)9-3-8-16)17-15(20)7-6-13-5-4-12(2)21-13/h4-7,10H,3,9H2,1-2H3,(H,17,20)/b7-6-. The Morgan fingerprint density at radius 1 is 1.52 bits per heavy atom. The van der Waals surface area contributed by atoms with Crippen LogP contribution in [0.25, 0.3) is 6.08 Å². The zero-order valence-electron chi connectivity index (χ0n) is 12.0. The zero-order chi connectivity index (χ0) is 15.2. The third-order valence-electron chi connectivity index (χ3n) is 2.75. The van der Waals surface area contributed by atoms with E-state index in [2.05, 4.69) is 16.5 Å². The van der Waals surface area contributed by atoms with Gasteiger partial charge in [0.05, 0.1) is 24.7 Å². The van der Waals surface area contributed by atoms with Crippen LogP contribution in [-0.4, -0.2) is 15.7 Å². The smallest absolute Gasteiger partial charge is 0.249 e. The number of carbonyl (C=O) groups excluding carboxylic acids is 1. The Labute approximate surface area is 122 Å². The second-order valence-corrected chi connectivity index (χ2v) is 4.57. The summed E-state index contributed by atoms with van der Waals surface area (Å²) in [7, 11) is 0. The highest BCUT2D eigenvalue weighted by molar-refractivity contribution is 6.01. The molecule has 2 heterocycles. The first-order valence-corrected chi connectivity index (χ1v) is 6.55. The minimum Gasteiger partial charge on any atom is -0.462 e. The fourth-order valence-corrected chi connectivity index (χ4v) is 1.84. The number of amides is 1. The molecular weight excluding hydrogens is 268 g/mol. The lowest BCUT2D eigenvalue weighted by molar-refractivity contribution is -0.111. The van der Waals surface area contributed by atoms with Crippen molar-refractivity contribution in [3.8, 4) is 6.07 Å². The molecule has 1 amide bonds. The lowest BCUT2D eigenvalue weighted by atomic mass is 10.3. The molecule has 108 valence electrons. The summed E-state index contributed by atoms with van der Waals surface area (Å²) in [5, 5.41) is 15.6. The molecule has 0 aliphatic rings. The normalized spacial score (nSPS) is 10.7. The van der Waals surface area contributed by atoms with E-state index in [0.29, 0.717) is 24.5 Å². The van der Waals surface area contributed by atoms with E-state index in [0.717, 1.165) is 11.5 Å². The monoisotopic (exact) mass is 284 g/mol. The van der Waals surface area contributed by atoms with Gasteiger partial charge in [0.25, 0.3) is 0 Å². The Bertz CT molecular complexity index is 704. The molecule has 0 radical (unpaired) electrons. The van der Waals surface area contributed by atoms with Gasteiger partial charge in [0.2, 0.25) is 5.91 Å². The van der Waals surface area contributed by atoms with Crippen LogP contribution < -0.4 is 5.32 Å². The van der Waals surface area contributed by atoms with Crippen molar-refractivity contribution in [1.29, 1.82) is 5.26 Å². The average molecular weight is 284 g/mol. The molecule has 0 spiro atoms. The van der Waals surface area contributed by atoms with Gasteiger partial charge in [-0.1, -0.05) is 0 Å². The Kier molecular flexibility index (Phi) is 4.57. The summed E-state index contributed by atoms with van der Waals surface area (Å²) in [6.45, 7) is 4.12. The van der Waals surface area contributed by atoms with E-state index in [1.807, 2.05) is 19.9 Å². The van der Waals surface area contributed by atoms with Crippen molar-refractivity contribution in [1.82, 2.24) is 9.78 Å². The quantitative estimate of drug-likeness (QED) is 0.855. The summed E-state index contributed by atoms with van der Waals surface area (Å²) in [4.78, 5) is 11.9. The van der Waals surface area contributed by atoms with Crippen LogP contribution in [0, 0.1) is 25.2 Å². The molecule has 6 heteroatoms. The second-order valence-electron chi connectivity index (χ2n) is 4.57. The van der Waals surface area contributed by atoms with Gasteiger partial charge >= 0.3 is 0 Å². The molecule has 0 atom stereocenters. The van der Waals surface area contributed by atoms with E-state index in [1.165, 1.54) is 6.08 Å². The van der Waals surface area contributed by atoms with Gasteiger partial charge in [-0.25, -0.2) is 4.68 Å². The number of nitriles is 1. The molecule has 0 unspecified atom stereocenters. The van der Waals surface area contributed by atoms with Crippen LogP contribution in [0.3, 0.4) is 0 Å². The molecule has 0 saturated heterocycles. The zero-order valence-corrected chi connectivity index (χ0v) is 12.0. The largest absolute Gasteiger partial charge is 0.462 e. The number of carbonyl (C=O) groups is 1. The lowest BCUT2D eigenvalue weighted by Crippen LogP contribution is -2.13. The fourth-order valence-electron chi connectivity index (χ4n) is 1.84. The first-order chi connectivity index (χ1) is 10.1. The number of hydrogen-bond donors (Lipinski definition) is 1. The predicted molar refractivity (Wildman–Crippen MR) is 78.3 cm³/mol. The third-order valence-corrected chi connectivity index (χ3v) is 2.75. The maximum atomic E-state index is 11.9. The first kappa shape index (κ1) is 14.6. The van der Waals surface area contributed by atoms with Gasteiger partial charge < -0.3 is 9.73 Å². The van der Waals surface area contributed by atoms with E-state index in [9.17, 15) is 4.79 Å². The number of aryl methyl sites for hydroxylation is 3. The maximum absolute atomic E-state index is 11.9. The van der Waals surface area contributed by atoms with E-state index >= 15 is 0 Å². The maximum Gasteiger partial charge on any atom is 0.249 e. The van der Waals surface area contributed by atoms with Gasteiger partial charge in [-0.3, -0.25) is 4.79 Å². The van der Waals surface area contributed by atoms with Gasteiger partial charge in [0.15, 0.2) is 0 Å². The number of anilines is 1. The Hall–Kier alpha value is -2.81. The van der Waals surface area contributed by atoms with Crippen LogP contribution in [0.1, 0.15) is 23.6 Å². The molecule has 0 bridgehead atoms. The molecule has 0 fully saturated rings. The number of furan rings is 1. The minimum absolute atomic E-state index is 0.276. The number of nitrogens with one attached hydrogen (secondary N) is 1. The topological polar surface area (TPSA) is 83.9 Å². The van der Waals surface area contributed by atoms with Gasteiger partial charge in [-0.15, -0.1) is 0 Å². The van der Waals surface area contributed by atoms with Gasteiger partial charge in [-0.2, -0.15) is 10.4 Å². The van der Waals surface area contributed by atoms with E-state index in [-0.39, 0.29) is 5.91 Å². The Balaban J connectivity index is 2.02. The van der Waals surface area contributed by atoms with E-state index < -0.39 is 0 Å². The summed E-state index contributed by atoms with van der Waals surface area (Å²) < 4.78 is 6.96. The molecule has 2 aromatic rings. The average Bonchev–Trinajstić information content (AvgIpc) is 3.00. The summed E-state index contributed by atoms with van der Waals surface area (Å²) >= 11 is 0. The van der Waals surface area contributed by atoms with Crippen molar-refractivity contribution in [3.05, 3.63) is 41.5 Å². The SMILES string of the molecule is Cc1cc(NC(=O)/C=C\c2ccc(C)o2)n(CCC#N)n1. The highest BCUT2D eigenvalue weighted by Gasteiger charge is 2.07. The molecule has 2 rings (SSSR count). The highest BCUT2D eigenvalue weighted by Crippen LogP contribution is 2.12. The van der Waals surface area contributed by atoms with Crippen molar-refractivity contribution in [3.63, 3.8) is 0 Å². The van der Waals surface area contributed by atoms with Crippen LogP contribution in [0.4, 0.5) is 5.82 Å². The van der Waals surface area contributed by atoms with Crippen LogP contribution in [-0.2, 0) is 11.3 Å². The number of aromatic nitrogens is 2. The number of hydrogen-bond acceptors (Lipinski definition) is 4. The summed E-state index contributed by atoms with van der Waals surface area (Å²) in [6.07, 6.45) is 3.34. The first-order valence-electron chi connectivity index (χ1n) is 6.55. The third kappa shape index (κ3) is 4.08. The van der Waals surface area contributed by atoms with Crippen molar-refractivity contribution in [2.24, 2.45) is 0 Å². The molecule has 2 aromatic heterocycles. The highest BCUT2D eigenvalue weighted by atomic mass is 16.3. The van der Waals surface area contributed by atoms with Crippen LogP contribution >= 0.6 is 0 Å². The van der Waals surface area contributed by atoms with Crippen molar-refractivity contribution in [2.75, 3.05) is 5.32 Å². The minimum atomic E-state index is -0.276. The Morgan fingerprint density at radius 2 is 2.33 bits per heavy atom. The van der Waals surface area contributed by atoms with Gasteiger partial charge in [0.1, 0.15) is 17.3 Å². The van der Waals surface area contributed by atoms with Crippen molar-refractivity contribution in [2.45, 2.75) is 26.8 Å². The van der Waals surface area contributed by atoms with Crippen LogP contribution in [0.15, 0.2) is 28.7 Å². The van der Waals surface area contributed by atoms with Crippen molar-refractivity contribution >= 4 is 17.8 Å². The molecule has 0 aliphatic heterocycles. The number of rotatable bonds is 5. The molecular formula is C15H16N4O2. The molecule has 0 aliphatic carbocycles. The van der Waals surface area contributed by atoms with E-state index in [1.54, 1.807) is 22.9 Å².